The van der Waals surface area contributed by atoms with Crippen LogP contribution in [0, 0.1) is 0 Å². The molecule has 6 heteroatoms. The van der Waals surface area contributed by atoms with E-state index in [1.54, 1.807) is 67.8 Å². The average Bonchev–Trinajstić information content (AvgIpc) is 2.74. The van der Waals surface area contributed by atoms with E-state index in [1.807, 2.05) is 12.1 Å². The average molecular weight is 410 g/mol. The van der Waals surface area contributed by atoms with Crippen LogP contribution in [0.5, 0.6) is 11.5 Å². The number of hydrogen-bond acceptors (Lipinski definition) is 4. The number of nitrogens with one attached hydrogen (secondary N) is 1. The van der Waals surface area contributed by atoms with Gasteiger partial charge in [0.2, 0.25) is 0 Å². The van der Waals surface area contributed by atoms with Gasteiger partial charge in [-0.25, -0.2) is 0 Å². The molecule has 5 nitrogen and oxygen atoms in total. The minimum atomic E-state index is -0.338. The maximum absolute atomic E-state index is 12.3. The van der Waals surface area contributed by atoms with Crippen molar-refractivity contribution in [2.45, 2.75) is 12.8 Å². The van der Waals surface area contributed by atoms with E-state index in [1.165, 1.54) is 0 Å². The van der Waals surface area contributed by atoms with Crippen LogP contribution in [0.1, 0.15) is 22.3 Å². The summed E-state index contributed by atoms with van der Waals surface area (Å²) in [5.74, 6) is 0.517. The predicted molar refractivity (Wildman–Crippen MR) is 113 cm³/mol. The van der Waals surface area contributed by atoms with Crippen molar-refractivity contribution in [2.24, 2.45) is 0 Å². The molecule has 0 heterocycles. The molecule has 0 unspecified atom stereocenters. The van der Waals surface area contributed by atoms with Gasteiger partial charge in [0.1, 0.15) is 11.5 Å². The van der Waals surface area contributed by atoms with Crippen molar-refractivity contribution in [2.75, 3.05) is 12.4 Å². The monoisotopic (exact) mass is 409 g/mol. The van der Waals surface area contributed by atoms with Gasteiger partial charge in [0.15, 0.2) is 0 Å². The predicted octanol–water partition coefficient (Wildman–Crippen LogP) is 5.14. The molecule has 3 aromatic carbocycles. The lowest BCUT2D eigenvalue weighted by atomic mass is 10.1. The number of carbonyl (C=O) groups is 2. The van der Waals surface area contributed by atoms with Gasteiger partial charge < -0.3 is 14.8 Å². The summed E-state index contributed by atoms with van der Waals surface area (Å²) >= 11 is 5.85. The molecular formula is C23H20ClNO4. The van der Waals surface area contributed by atoms with Gasteiger partial charge >= 0.3 is 5.97 Å². The fraction of sp³-hybridized carbons (Fsp3) is 0.130. The number of benzene rings is 3. The Bertz CT molecular complexity index is 967. The van der Waals surface area contributed by atoms with E-state index < -0.39 is 0 Å². The first-order chi connectivity index (χ1) is 14.0. The molecular weight excluding hydrogens is 390 g/mol. The van der Waals surface area contributed by atoms with Crippen molar-refractivity contribution < 1.29 is 19.1 Å². The zero-order valence-electron chi connectivity index (χ0n) is 15.9. The summed E-state index contributed by atoms with van der Waals surface area (Å²) in [5.41, 5.74) is 2.13. The summed E-state index contributed by atoms with van der Waals surface area (Å²) in [6.45, 7) is 0. The fourth-order valence-electron chi connectivity index (χ4n) is 2.63. The maximum Gasteiger partial charge on any atom is 0.311 e. The number of hydrogen-bond donors (Lipinski definition) is 1. The Kier molecular flexibility index (Phi) is 6.87. The number of rotatable bonds is 7. The molecule has 29 heavy (non-hydrogen) atoms. The molecule has 0 aliphatic rings. The van der Waals surface area contributed by atoms with Crippen LogP contribution in [0.2, 0.25) is 5.02 Å². The molecule has 0 spiro atoms. The number of amides is 1. The van der Waals surface area contributed by atoms with Crippen molar-refractivity contribution in [3.63, 3.8) is 0 Å². The van der Waals surface area contributed by atoms with Crippen LogP contribution in [0.25, 0.3) is 0 Å². The summed E-state index contributed by atoms with van der Waals surface area (Å²) in [7, 11) is 1.58. The number of methoxy groups -OCH3 is 1. The topological polar surface area (TPSA) is 64.6 Å². The molecule has 0 atom stereocenters. The van der Waals surface area contributed by atoms with Crippen molar-refractivity contribution in [3.8, 4) is 11.5 Å². The first-order valence-electron chi connectivity index (χ1n) is 9.04. The van der Waals surface area contributed by atoms with Gasteiger partial charge in [-0.2, -0.15) is 0 Å². The van der Waals surface area contributed by atoms with Gasteiger partial charge in [-0.05, 0) is 72.6 Å². The molecule has 148 valence electrons. The standard InChI is InChI=1S/C23H20ClNO4/c1-28-20-13-9-19(10-14-20)25-23(27)17-5-11-21(12-6-17)29-22(26)15-4-16-2-7-18(24)8-3-16/h2-3,5-14H,4,15H2,1H3,(H,25,27). The van der Waals surface area contributed by atoms with Gasteiger partial charge in [0.05, 0.1) is 7.11 Å². The molecule has 0 saturated carbocycles. The normalized spacial score (nSPS) is 10.3. The minimum Gasteiger partial charge on any atom is -0.497 e. The molecule has 3 aromatic rings. The Morgan fingerprint density at radius 3 is 2.10 bits per heavy atom. The molecule has 0 aliphatic heterocycles. The van der Waals surface area contributed by atoms with Gasteiger partial charge in [-0.15, -0.1) is 0 Å². The molecule has 0 aromatic heterocycles. The first kappa shape index (κ1) is 20.4. The van der Waals surface area contributed by atoms with Gasteiger partial charge in [0.25, 0.3) is 5.91 Å². The van der Waals surface area contributed by atoms with E-state index in [4.69, 9.17) is 21.1 Å². The van der Waals surface area contributed by atoms with Crippen LogP contribution >= 0.6 is 11.6 Å². The van der Waals surface area contributed by atoms with E-state index in [2.05, 4.69) is 5.32 Å². The molecule has 0 saturated heterocycles. The molecule has 0 aliphatic carbocycles. The zero-order valence-corrected chi connectivity index (χ0v) is 16.6. The largest absolute Gasteiger partial charge is 0.497 e. The third-order valence-electron chi connectivity index (χ3n) is 4.23. The summed E-state index contributed by atoms with van der Waals surface area (Å²) in [4.78, 5) is 24.4. The Balaban J connectivity index is 1.51. The van der Waals surface area contributed by atoms with Crippen LogP contribution in [-0.4, -0.2) is 19.0 Å². The van der Waals surface area contributed by atoms with Crippen LogP contribution in [0.4, 0.5) is 5.69 Å². The van der Waals surface area contributed by atoms with E-state index in [0.29, 0.717) is 34.2 Å². The van der Waals surface area contributed by atoms with Gasteiger partial charge in [-0.3, -0.25) is 9.59 Å². The maximum atomic E-state index is 12.3. The van der Waals surface area contributed by atoms with Crippen molar-refractivity contribution in [1.29, 1.82) is 0 Å². The number of esters is 1. The second kappa shape index (κ2) is 9.75. The highest BCUT2D eigenvalue weighted by atomic mass is 35.5. The fourth-order valence-corrected chi connectivity index (χ4v) is 2.76. The molecule has 1 N–H and O–H groups in total. The molecule has 0 fully saturated rings. The molecule has 1 amide bonds. The van der Waals surface area contributed by atoms with Crippen molar-refractivity contribution >= 4 is 29.2 Å². The van der Waals surface area contributed by atoms with Crippen molar-refractivity contribution in [1.82, 2.24) is 0 Å². The smallest absolute Gasteiger partial charge is 0.311 e. The first-order valence-corrected chi connectivity index (χ1v) is 9.42. The zero-order chi connectivity index (χ0) is 20.6. The number of aryl methyl sites for hydroxylation is 1. The minimum absolute atomic E-state index is 0.251. The summed E-state index contributed by atoms with van der Waals surface area (Å²) in [5, 5.41) is 3.46. The number of halogens is 1. The third-order valence-corrected chi connectivity index (χ3v) is 4.48. The van der Waals surface area contributed by atoms with Crippen LogP contribution in [-0.2, 0) is 11.2 Å². The third kappa shape index (κ3) is 6.09. The lowest BCUT2D eigenvalue weighted by Gasteiger charge is -2.08. The van der Waals surface area contributed by atoms with Crippen LogP contribution in [0.3, 0.4) is 0 Å². The van der Waals surface area contributed by atoms with E-state index in [-0.39, 0.29) is 18.3 Å². The Labute approximate surface area is 174 Å². The van der Waals surface area contributed by atoms with Crippen LogP contribution in [0.15, 0.2) is 72.8 Å². The van der Waals surface area contributed by atoms with Crippen LogP contribution < -0.4 is 14.8 Å². The number of carbonyl (C=O) groups excluding carboxylic acids is 2. The highest BCUT2D eigenvalue weighted by Crippen LogP contribution is 2.18. The lowest BCUT2D eigenvalue weighted by Crippen LogP contribution is -2.12. The summed E-state index contributed by atoms with van der Waals surface area (Å²) in [6, 6.07) is 20.8. The van der Waals surface area contributed by atoms with E-state index >= 15 is 0 Å². The lowest BCUT2D eigenvalue weighted by molar-refractivity contribution is -0.134. The number of ether oxygens (including phenoxy) is 2. The Morgan fingerprint density at radius 2 is 1.48 bits per heavy atom. The highest BCUT2D eigenvalue weighted by Gasteiger charge is 2.09. The summed E-state index contributed by atoms with van der Waals surface area (Å²) in [6.07, 6.45) is 0.819. The number of anilines is 1. The Hall–Kier alpha value is -3.31. The molecule has 0 radical (unpaired) electrons. The van der Waals surface area contributed by atoms with Crippen molar-refractivity contribution in [3.05, 3.63) is 88.9 Å². The Morgan fingerprint density at radius 1 is 0.862 bits per heavy atom. The second-order valence-electron chi connectivity index (χ2n) is 6.31. The van der Waals surface area contributed by atoms with Gasteiger partial charge in [0, 0.05) is 22.7 Å². The van der Waals surface area contributed by atoms with E-state index in [9.17, 15) is 9.59 Å². The van der Waals surface area contributed by atoms with E-state index in [0.717, 1.165) is 5.56 Å². The molecule has 3 rings (SSSR count). The highest BCUT2D eigenvalue weighted by molar-refractivity contribution is 6.30. The summed E-state index contributed by atoms with van der Waals surface area (Å²) < 4.78 is 10.4. The molecule has 0 bridgehead atoms. The second-order valence-corrected chi connectivity index (χ2v) is 6.74. The SMILES string of the molecule is COc1ccc(NC(=O)c2ccc(OC(=O)CCc3ccc(Cl)cc3)cc2)cc1. The van der Waals surface area contributed by atoms with Gasteiger partial charge in [-0.1, -0.05) is 23.7 Å². The quantitative estimate of drug-likeness (QED) is 0.433.